The molecule has 1 aliphatic rings. The Labute approximate surface area is 108 Å². The minimum absolute atomic E-state index is 0.647. The van der Waals surface area contributed by atoms with E-state index in [1.54, 1.807) is 0 Å². The molecule has 112 valence electrons. The standard InChI is InChI=1S/C8H15NO9S/c1-3(11)9-5-7(18-19(14,15)16)6(12)4(2-10)17-8(5)13/h4-8,10,12-13H,2H2,1H3,(H,9,11)(H,14,15,16)/t4-,5-,6-,7-,8-/m1/s1. The third-order valence-electron chi connectivity index (χ3n) is 2.48. The normalized spacial score (nSPS) is 35.9. The summed E-state index contributed by atoms with van der Waals surface area (Å²) in [4.78, 5) is 11.0. The van der Waals surface area contributed by atoms with Crippen LogP contribution in [0.1, 0.15) is 6.92 Å². The van der Waals surface area contributed by atoms with Crippen LogP contribution in [0.2, 0.25) is 0 Å². The fraction of sp³-hybridized carbons (Fsp3) is 0.875. The second kappa shape index (κ2) is 6.09. The molecular formula is C8H15NO9S. The van der Waals surface area contributed by atoms with Crippen molar-refractivity contribution in [2.45, 2.75) is 37.6 Å². The molecule has 10 nitrogen and oxygen atoms in total. The minimum atomic E-state index is -4.94. The van der Waals surface area contributed by atoms with Crippen molar-refractivity contribution in [1.82, 2.24) is 5.32 Å². The number of ether oxygens (including phenoxy) is 1. The molecule has 1 heterocycles. The summed E-state index contributed by atoms with van der Waals surface area (Å²) in [6.07, 6.45) is -6.45. The molecule has 19 heavy (non-hydrogen) atoms. The van der Waals surface area contributed by atoms with Crippen LogP contribution >= 0.6 is 0 Å². The van der Waals surface area contributed by atoms with Crippen molar-refractivity contribution < 1.29 is 42.0 Å². The van der Waals surface area contributed by atoms with Crippen molar-refractivity contribution in [2.75, 3.05) is 6.61 Å². The SMILES string of the molecule is CC(=O)N[C@@H]1[C@@H](OS(=O)(=O)O)[C@H](O)[C@@H](CO)O[C@H]1O. The quantitative estimate of drug-likeness (QED) is 0.335. The molecule has 11 heteroatoms. The van der Waals surface area contributed by atoms with Gasteiger partial charge in [0.2, 0.25) is 5.91 Å². The second-order valence-electron chi connectivity index (χ2n) is 3.95. The molecular weight excluding hydrogens is 286 g/mol. The molecule has 0 aromatic heterocycles. The zero-order chi connectivity index (χ0) is 14.8. The van der Waals surface area contributed by atoms with Crippen LogP contribution in [0.25, 0.3) is 0 Å². The summed E-state index contributed by atoms with van der Waals surface area (Å²) in [7, 11) is -4.94. The highest BCUT2D eigenvalue weighted by molar-refractivity contribution is 7.80. The molecule has 0 spiro atoms. The maximum absolute atomic E-state index is 11.0. The highest BCUT2D eigenvalue weighted by atomic mass is 32.3. The van der Waals surface area contributed by atoms with Gasteiger partial charge in [-0.1, -0.05) is 0 Å². The molecule has 0 unspecified atom stereocenters. The van der Waals surface area contributed by atoms with E-state index in [1.807, 2.05) is 0 Å². The van der Waals surface area contributed by atoms with Gasteiger partial charge in [-0.2, -0.15) is 8.42 Å². The number of carbonyl (C=O) groups excluding carboxylic acids is 1. The van der Waals surface area contributed by atoms with Crippen LogP contribution in [-0.4, -0.2) is 71.4 Å². The van der Waals surface area contributed by atoms with Gasteiger partial charge in [0.15, 0.2) is 6.29 Å². The molecule has 5 N–H and O–H groups in total. The monoisotopic (exact) mass is 301 g/mol. The maximum Gasteiger partial charge on any atom is 0.397 e. The highest BCUT2D eigenvalue weighted by Crippen LogP contribution is 2.23. The third kappa shape index (κ3) is 4.35. The molecule has 1 rings (SSSR count). The van der Waals surface area contributed by atoms with E-state index in [4.69, 9.17) is 14.4 Å². The van der Waals surface area contributed by atoms with Crippen molar-refractivity contribution in [1.29, 1.82) is 0 Å². The number of aliphatic hydroxyl groups excluding tert-OH is 3. The van der Waals surface area contributed by atoms with E-state index in [-0.39, 0.29) is 0 Å². The van der Waals surface area contributed by atoms with E-state index in [1.165, 1.54) is 0 Å². The van der Waals surface area contributed by atoms with Crippen molar-refractivity contribution in [2.24, 2.45) is 0 Å². The molecule has 0 aromatic rings. The third-order valence-corrected chi connectivity index (χ3v) is 2.94. The molecule has 5 atom stereocenters. The lowest BCUT2D eigenvalue weighted by molar-refractivity contribution is -0.249. The smallest absolute Gasteiger partial charge is 0.394 e. The van der Waals surface area contributed by atoms with E-state index in [9.17, 15) is 23.4 Å². The largest absolute Gasteiger partial charge is 0.397 e. The number of rotatable bonds is 4. The zero-order valence-electron chi connectivity index (χ0n) is 9.83. The lowest BCUT2D eigenvalue weighted by atomic mass is 9.97. The molecule has 1 saturated heterocycles. The number of aliphatic hydroxyl groups is 3. The van der Waals surface area contributed by atoms with Gasteiger partial charge in [0.1, 0.15) is 24.4 Å². The number of hydrogen-bond donors (Lipinski definition) is 5. The van der Waals surface area contributed by atoms with Gasteiger partial charge in [-0.15, -0.1) is 0 Å². The van der Waals surface area contributed by atoms with Crippen molar-refractivity contribution in [3.8, 4) is 0 Å². The van der Waals surface area contributed by atoms with Crippen molar-refractivity contribution >= 4 is 16.3 Å². The van der Waals surface area contributed by atoms with Crippen LogP contribution in [0.3, 0.4) is 0 Å². The summed E-state index contributed by atoms with van der Waals surface area (Å²) in [5, 5.41) is 30.4. The Morgan fingerprint density at radius 3 is 2.42 bits per heavy atom. The van der Waals surface area contributed by atoms with Gasteiger partial charge < -0.3 is 25.4 Å². The first kappa shape index (κ1) is 16.2. The van der Waals surface area contributed by atoms with Gasteiger partial charge in [-0.25, -0.2) is 4.18 Å². The fourth-order valence-electron chi connectivity index (χ4n) is 1.73. The van der Waals surface area contributed by atoms with Crippen LogP contribution in [0, 0.1) is 0 Å². The van der Waals surface area contributed by atoms with Crippen LogP contribution in [0.5, 0.6) is 0 Å². The number of carbonyl (C=O) groups is 1. The summed E-state index contributed by atoms with van der Waals surface area (Å²) in [5.74, 6) is -0.647. The summed E-state index contributed by atoms with van der Waals surface area (Å²) >= 11 is 0. The van der Waals surface area contributed by atoms with E-state index in [0.717, 1.165) is 6.92 Å². The maximum atomic E-state index is 11.0. The number of nitrogens with one attached hydrogen (secondary N) is 1. The van der Waals surface area contributed by atoms with Crippen LogP contribution in [0.15, 0.2) is 0 Å². The van der Waals surface area contributed by atoms with E-state index in [2.05, 4.69) is 9.50 Å². The molecule has 0 aliphatic carbocycles. The van der Waals surface area contributed by atoms with Gasteiger partial charge in [0.05, 0.1) is 6.61 Å². The van der Waals surface area contributed by atoms with Crippen LogP contribution in [0.4, 0.5) is 0 Å². The van der Waals surface area contributed by atoms with Gasteiger partial charge in [0, 0.05) is 6.92 Å². The van der Waals surface area contributed by atoms with E-state index >= 15 is 0 Å². The number of amides is 1. The average Bonchev–Trinajstić information content (AvgIpc) is 2.26. The summed E-state index contributed by atoms with van der Waals surface area (Å²) in [5.41, 5.74) is 0. The first-order valence-electron chi connectivity index (χ1n) is 5.21. The molecule has 1 amide bonds. The van der Waals surface area contributed by atoms with Crippen molar-refractivity contribution in [3.05, 3.63) is 0 Å². The molecule has 0 bridgehead atoms. The van der Waals surface area contributed by atoms with E-state index in [0.29, 0.717) is 0 Å². The molecule has 0 radical (unpaired) electrons. The molecule has 1 aliphatic heterocycles. The van der Waals surface area contributed by atoms with Gasteiger partial charge in [-0.3, -0.25) is 9.35 Å². The molecule has 0 saturated carbocycles. The predicted molar refractivity (Wildman–Crippen MR) is 58.0 cm³/mol. The summed E-state index contributed by atoms with van der Waals surface area (Å²) < 4.78 is 39.0. The lowest BCUT2D eigenvalue weighted by Gasteiger charge is -2.41. The lowest BCUT2D eigenvalue weighted by Crippen LogP contribution is -2.65. The van der Waals surface area contributed by atoms with Crippen LogP contribution in [-0.2, 0) is 24.1 Å². The Balaban J connectivity index is 3.00. The molecule has 1 fully saturated rings. The second-order valence-corrected chi connectivity index (χ2v) is 5.00. The first-order valence-corrected chi connectivity index (χ1v) is 6.57. The zero-order valence-corrected chi connectivity index (χ0v) is 10.6. The van der Waals surface area contributed by atoms with Crippen molar-refractivity contribution in [3.63, 3.8) is 0 Å². The Bertz CT molecular complexity index is 424. The fourth-order valence-corrected chi connectivity index (χ4v) is 2.24. The summed E-state index contributed by atoms with van der Waals surface area (Å²) in [6.45, 7) is 0.359. The Hall–Kier alpha value is -0.820. The summed E-state index contributed by atoms with van der Waals surface area (Å²) in [6, 6.07) is -1.43. The van der Waals surface area contributed by atoms with Gasteiger partial charge in [0.25, 0.3) is 0 Å². The Kier molecular flexibility index (Phi) is 5.20. The van der Waals surface area contributed by atoms with Gasteiger partial charge in [-0.05, 0) is 0 Å². The topological polar surface area (TPSA) is 163 Å². The van der Waals surface area contributed by atoms with Crippen LogP contribution < -0.4 is 5.32 Å². The Morgan fingerprint density at radius 2 is 2.00 bits per heavy atom. The molecule has 0 aromatic carbocycles. The average molecular weight is 301 g/mol. The first-order chi connectivity index (χ1) is 8.65. The minimum Gasteiger partial charge on any atom is -0.394 e. The highest BCUT2D eigenvalue weighted by Gasteiger charge is 2.47. The van der Waals surface area contributed by atoms with Gasteiger partial charge >= 0.3 is 10.4 Å². The Morgan fingerprint density at radius 1 is 1.42 bits per heavy atom. The predicted octanol–water partition coefficient (Wildman–Crippen LogP) is -3.25. The number of hydrogen-bond acceptors (Lipinski definition) is 8. The van der Waals surface area contributed by atoms with E-state index < -0.39 is 53.6 Å².